The number of halogens is 2. The minimum Gasteiger partial charge on any atom is -0.271 e. The van der Waals surface area contributed by atoms with E-state index < -0.39 is 0 Å². The van der Waals surface area contributed by atoms with Crippen molar-refractivity contribution in [1.29, 1.82) is 0 Å². The first-order valence-corrected chi connectivity index (χ1v) is 8.23. The molecule has 1 aliphatic rings. The van der Waals surface area contributed by atoms with Crippen molar-refractivity contribution in [2.45, 2.75) is 45.1 Å². The molecule has 3 unspecified atom stereocenters. The van der Waals surface area contributed by atoms with E-state index in [4.69, 9.17) is 17.4 Å². The summed E-state index contributed by atoms with van der Waals surface area (Å²) in [6.07, 6.45) is 6.39. The number of rotatable bonds is 4. The summed E-state index contributed by atoms with van der Waals surface area (Å²) in [6.45, 7) is 2.28. The molecular formula is C15H22BrClN2. The maximum atomic E-state index is 6.34. The fraction of sp³-hybridized carbons (Fsp3) is 0.600. The topological polar surface area (TPSA) is 38.0 Å². The quantitative estimate of drug-likeness (QED) is 0.606. The SMILES string of the molecule is CCC1CCCC(C(NN)c2cc(Br)ccc2Cl)C1. The highest BCUT2D eigenvalue weighted by atomic mass is 79.9. The molecule has 1 aromatic carbocycles. The van der Waals surface area contributed by atoms with Crippen LogP contribution in [0.15, 0.2) is 22.7 Å². The Bertz CT molecular complexity index is 425. The summed E-state index contributed by atoms with van der Waals surface area (Å²) in [4.78, 5) is 0. The molecule has 1 fully saturated rings. The van der Waals surface area contributed by atoms with Crippen LogP contribution in [0.5, 0.6) is 0 Å². The summed E-state index contributed by atoms with van der Waals surface area (Å²) in [5, 5.41) is 0.796. The van der Waals surface area contributed by atoms with Gasteiger partial charge in [-0.15, -0.1) is 0 Å². The summed E-state index contributed by atoms with van der Waals surface area (Å²) in [5.74, 6) is 7.23. The Hall–Kier alpha value is -0.0900. The normalized spacial score (nSPS) is 25.3. The Kier molecular flexibility index (Phi) is 5.70. The molecule has 1 aromatic rings. The van der Waals surface area contributed by atoms with Crippen LogP contribution in [0.2, 0.25) is 5.02 Å². The second-order valence-electron chi connectivity index (χ2n) is 5.51. The molecule has 3 N–H and O–H groups in total. The Balaban J connectivity index is 2.21. The molecule has 19 heavy (non-hydrogen) atoms. The first kappa shape index (κ1) is 15.3. The van der Waals surface area contributed by atoms with Gasteiger partial charge in [0.25, 0.3) is 0 Å². The van der Waals surface area contributed by atoms with Gasteiger partial charge >= 0.3 is 0 Å². The third-order valence-corrected chi connectivity index (χ3v) is 5.18. The molecule has 1 aliphatic carbocycles. The van der Waals surface area contributed by atoms with Crippen LogP contribution >= 0.6 is 27.5 Å². The minimum atomic E-state index is 0.152. The highest BCUT2D eigenvalue weighted by Crippen LogP contribution is 2.40. The van der Waals surface area contributed by atoms with Gasteiger partial charge in [0.1, 0.15) is 0 Å². The first-order valence-electron chi connectivity index (χ1n) is 7.06. The molecule has 0 amide bonds. The van der Waals surface area contributed by atoms with Crippen molar-refractivity contribution in [1.82, 2.24) is 5.43 Å². The zero-order valence-electron chi connectivity index (χ0n) is 11.3. The van der Waals surface area contributed by atoms with Gasteiger partial charge in [-0.25, -0.2) is 0 Å². The van der Waals surface area contributed by atoms with Gasteiger partial charge in [-0.1, -0.05) is 53.7 Å². The van der Waals surface area contributed by atoms with Gasteiger partial charge in [0, 0.05) is 9.50 Å². The molecular weight excluding hydrogens is 324 g/mol. The molecule has 1 saturated carbocycles. The lowest BCUT2D eigenvalue weighted by Gasteiger charge is -2.34. The lowest BCUT2D eigenvalue weighted by molar-refractivity contribution is 0.210. The Morgan fingerprint density at radius 3 is 2.95 bits per heavy atom. The summed E-state index contributed by atoms with van der Waals surface area (Å²) >= 11 is 9.86. The van der Waals surface area contributed by atoms with Crippen molar-refractivity contribution < 1.29 is 0 Å². The monoisotopic (exact) mass is 344 g/mol. The predicted molar refractivity (Wildman–Crippen MR) is 85.0 cm³/mol. The number of hydrogen-bond acceptors (Lipinski definition) is 2. The van der Waals surface area contributed by atoms with E-state index in [1.165, 1.54) is 32.1 Å². The van der Waals surface area contributed by atoms with Crippen molar-refractivity contribution >= 4 is 27.5 Å². The van der Waals surface area contributed by atoms with E-state index in [-0.39, 0.29) is 6.04 Å². The van der Waals surface area contributed by atoms with E-state index in [9.17, 15) is 0 Å². The van der Waals surface area contributed by atoms with Crippen LogP contribution in [0.3, 0.4) is 0 Å². The van der Waals surface area contributed by atoms with Gasteiger partial charge in [0.2, 0.25) is 0 Å². The zero-order valence-corrected chi connectivity index (χ0v) is 13.7. The standard InChI is InChI=1S/C15H22BrClN2/c1-2-10-4-3-5-11(8-10)15(19-18)13-9-12(16)6-7-14(13)17/h6-7,9-11,15,19H,2-5,8,18H2,1H3. The molecule has 0 spiro atoms. The van der Waals surface area contributed by atoms with E-state index in [0.717, 1.165) is 21.0 Å². The molecule has 0 saturated heterocycles. The number of nitrogens with one attached hydrogen (secondary N) is 1. The van der Waals surface area contributed by atoms with Crippen molar-refractivity contribution in [3.8, 4) is 0 Å². The third kappa shape index (κ3) is 3.72. The van der Waals surface area contributed by atoms with E-state index in [2.05, 4.69) is 34.3 Å². The fourth-order valence-electron chi connectivity index (χ4n) is 3.24. The van der Waals surface area contributed by atoms with E-state index in [1.807, 2.05) is 12.1 Å². The lowest BCUT2D eigenvalue weighted by atomic mass is 9.75. The van der Waals surface area contributed by atoms with Gasteiger partial charge in [-0.3, -0.25) is 11.3 Å². The van der Waals surface area contributed by atoms with Crippen LogP contribution in [0.25, 0.3) is 0 Å². The molecule has 106 valence electrons. The summed E-state index contributed by atoms with van der Waals surface area (Å²) in [6, 6.07) is 6.14. The van der Waals surface area contributed by atoms with Gasteiger partial charge in [0.15, 0.2) is 0 Å². The van der Waals surface area contributed by atoms with Crippen molar-refractivity contribution in [2.75, 3.05) is 0 Å². The minimum absolute atomic E-state index is 0.152. The lowest BCUT2D eigenvalue weighted by Crippen LogP contribution is -2.36. The number of nitrogens with two attached hydrogens (primary N) is 1. The van der Waals surface area contributed by atoms with Crippen molar-refractivity contribution in [3.05, 3.63) is 33.3 Å². The molecule has 2 nitrogen and oxygen atoms in total. The van der Waals surface area contributed by atoms with Crippen LogP contribution in [0.1, 0.15) is 50.6 Å². The van der Waals surface area contributed by atoms with Crippen molar-refractivity contribution in [2.24, 2.45) is 17.7 Å². The first-order chi connectivity index (χ1) is 9.15. The molecule has 3 atom stereocenters. The van der Waals surface area contributed by atoms with Gasteiger partial charge in [-0.2, -0.15) is 0 Å². The Labute approximate surface area is 129 Å². The fourth-order valence-corrected chi connectivity index (χ4v) is 3.85. The van der Waals surface area contributed by atoms with E-state index >= 15 is 0 Å². The predicted octanol–water partition coefficient (Wildman–Crippen LogP) is 4.82. The maximum Gasteiger partial charge on any atom is 0.0503 e. The van der Waals surface area contributed by atoms with Gasteiger partial charge in [0.05, 0.1) is 6.04 Å². The number of hydrazine groups is 1. The number of benzene rings is 1. The molecule has 4 heteroatoms. The van der Waals surface area contributed by atoms with E-state index in [0.29, 0.717) is 5.92 Å². The highest BCUT2D eigenvalue weighted by molar-refractivity contribution is 9.10. The molecule has 2 rings (SSSR count). The molecule has 0 bridgehead atoms. The second kappa shape index (κ2) is 7.07. The number of hydrogen-bond donors (Lipinski definition) is 2. The summed E-state index contributed by atoms with van der Waals surface area (Å²) < 4.78 is 1.05. The van der Waals surface area contributed by atoms with Crippen LogP contribution in [-0.2, 0) is 0 Å². The Morgan fingerprint density at radius 2 is 2.26 bits per heavy atom. The third-order valence-electron chi connectivity index (χ3n) is 4.34. The van der Waals surface area contributed by atoms with Crippen LogP contribution in [0, 0.1) is 11.8 Å². The molecule has 0 heterocycles. The zero-order chi connectivity index (χ0) is 13.8. The van der Waals surface area contributed by atoms with Gasteiger partial charge < -0.3 is 0 Å². The summed E-state index contributed by atoms with van der Waals surface area (Å²) in [7, 11) is 0. The van der Waals surface area contributed by atoms with Crippen LogP contribution in [-0.4, -0.2) is 0 Å². The largest absolute Gasteiger partial charge is 0.271 e. The van der Waals surface area contributed by atoms with E-state index in [1.54, 1.807) is 0 Å². The molecule has 0 radical (unpaired) electrons. The van der Waals surface area contributed by atoms with Gasteiger partial charge in [-0.05, 0) is 48.4 Å². The molecule has 0 aromatic heterocycles. The van der Waals surface area contributed by atoms with Crippen LogP contribution < -0.4 is 11.3 Å². The average Bonchev–Trinajstić information content (AvgIpc) is 2.44. The highest BCUT2D eigenvalue weighted by Gasteiger charge is 2.29. The maximum absolute atomic E-state index is 6.34. The molecule has 0 aliphatic heterocycles. The van der Waals surface area contributed by atoms with Crippen LogP contribution in [0.4, 0.5) is 0 Å². The Morgan fingerprint density at radius 1 is 1.47 bits per heavy atom. The average molecular weight is 346 g/mol. The smallest absolute Gasteiger partial charge is 0.0503 e. The van der Waals surface area contributed by atoms with Crippen molar-refractivity contribution in [3.63, 3.8) is 0 Å². The second-order valence-corrected chi connectivity index (χ2v) is 6.83. The summed E-state index contributed by atoms with van der Waals surface area (Å²) in [5.41, 5.74) is 4.11.